The maximum Gasteiger partial charge on any atom is 0.303 e. The molecule has 0 heterocycles. The van der Waals surface area contributed by atoms with Gasteiger partial charge < -0.3 is 30.2 Å². The van der Waals surface area contributed by atoms with E-state index in [0.29, 0.717) is 27.8 Å². The Morgan fingerprint density at radius 2 is 1.17 bits per heavy atom. The minimum atomic E-state index is -1.04. The predicted molar refractivity (Wildman–Crippen MR) is 135 cm³/mol. The van der Waals surface area contributed by atoms with Gasteiger partial charge in [0.2, 0.25) is 11.8 Å². The van der Waals surface area contributed by atoms with Gasteiger partial charge in [-0.2, -0.15) is 0 Å². The van der Waals surface area contributed by atoms with Gasteiger partial charge in [0.15, 0.2) is 6.10 Å². The van der Waals surface area contributed by atoms with E-state index < -0.39 is 29.8 Å². The lowest BCUT2D eigenvalue weighted by Crippen LogP contribution is -2.30. The molecular formula is C17H20I3N3O7. The van der Waals surface area contributed by atoms with Crippen molar-refractivity contribution in [1.29, 1.82) is 0 Å². The van der Waals surface area contributed by atoms with Gasteiger partial charge in [-0.15, -0.1) is 0 Å². The van der Waals surface area contributed by atoms with Crippen molar-refractivity contribution >= 4 is 109 Å². The predicted octanol–water partition coefficient (Wildman–Crippen LogP) is 2.56. The fraction of sp³-hybridized carbons (Fsp3) is 0.412. The Bertz CT molecular complexity index is 801. The van der Waals surface area contributed by atoms with E-state index in [0.717, 1.165) is 0 Å². The Labute approximate surface area is 214 Å². The normalized spacial score (nSPS) is 11.4. The van der Waals surface area contributed by atoms with Crippen molar-refractivity contribution < 1.29 is 33.4 Å². The summed E-state index contributed by atoms with van der Waals surface area (Å²) in [6, 6.07) is 0. The van der Waals surface area contributed by atoms with Crippen LogP contribution in [0.2, 0.25) is 0 Å². The molecule has 0 saturated carbocycles. The second-order valence-electron chi connectivity index (χ2n) is 5.77. The standard InChI is InChI=1S/C17H20I3N3O7/c1-7(30-8(2)24)17(27)23-16-12(19)14(21-9(25)5-28-3)11(18)15(13(16)20)22-10(26)6-29-4/h7H,5-6H2,1-4H3,(H,21,25)(H,22,26)(H,23,27). The molecule has 0 fully saturated rings. The highest BCUT2D eigenvalue weighted by Gasteiger charge is 2.26. The van der Waals surface area contributed by atoms with Crippen molar-refractivity contribution in [3.63, 3.8) is 0 Å². The van der Waals surface area contributed by atoms with Crippen LogP contribution in [-0.4, -0.2) is 57.2 Å². The molecule has 30 heavy (non-hydrogen) atoms. The zero-order valence-electron chi connectivity index (χ0n) is 16.5. The van der Waals surface area contributed by atoms with Crippen molar-refractivity contribution in [3.8, 4) is 0 Å². The van der Waals surface area contributed by atoms with Crippen LogP contribution in [0.5, 0.6) is 0 Å². The van der Waals surface area contributed by atoms with E-state index in [-0.39, 0.29) is 13.2 Å². The molecule has 1 aromatic carbocycles. The van der Waals surface area contributed by atoms with E-state index in [1.54, 1.807) is 0 Å². The second-order valence-corrected chi connectivity index (χ2v) is 9.01. The molecule has 3 N–H and O–H groups in total. The zero-order valence-corrected chi connectivity index (χ0v) is 23.0. The first-order chi connectivity index (χ1) is 14.0. The van der Waals surface area contributed by atoms with Gasteiger partial charge >= 0.3 is 5.97 Å². The minimum absolute atomic E-state index is 0.172. The number of esters is 1. The van der Waals surface area contributed by atoms with Crippen LogP contribution < -0.4 is 16.0 Å². The molecule has 1 unspecified atom stereocenters. The fourth-order valence-electron chi connectivity index (χ4n) is 2.13. The van der Waals surface area contributed by atoms with Crippen molar-refractivity contribution in [1.82, 2.24) is 0 Å². The average molecular weight is 759 g/mol. The number of rotatable bonds is 9. The van der Waals surface area contributed by atoms with Gasteiger partial charge in [-0.25, -0.2) is 0 Å². The number of benzene rings is 1. The Hall–Kier alpha value is -0.790. The van der Waals surface area contributed by atoms with Gasteiger partial charge in [0.1, 0.15) is 13.2 Å². The summed E-state index contributed by atoms with van der Waals surface area (Å²) in [5.41, 5.74) is 1.13. The maximum atomic E-state index is 12.5. The molecule has 1 rings (SSSR count). The first kappa shape index (κ1) is 27.2. The third-order valence-corrected chi connectivity index (χ3v) is 6.59. The third-order valence-electron chi connectivity index (χ3n) is 3.36. The largest absolute Gasteiger partial charge is 0.453 e. The number of anilines is 3. The smallest absolute Gasteiger partial charge is 0.303 e. The van der Waals surface area contributed by atoms with Crippen molar-refractivity contribution in [2.75, 3.05) is 43.4 Å². The SMILES string of the molecule is COCC(=O)Nc1c(I)c(NC(=O)COC)c(I)c(NC(=O)C(C)OC(C)=O)c1I. The number of halogens is 3. The molecule has 0 saturated heterocycles. The minimum Gasteiger partial charge on any atom is -0.453 e. The molecule has 1 atom stereocenters. The number of hydrogen-bond donors (Lipinski definition) is 3. The van der Waals surface area contributed by atoms with E-state index in [2.05, 4.69) is 16.0 Å². The van der Waals surface area contributed by atoms with Crippen LogP contribution in [0.1, 0.15) is 13.8 Å². The van der Waals surface area contributed by atoms with Gasteiger partial charge in [-0.1, -0.05) is 0 Å². The molecule has 13 heteroatoms. The lowest BCUT2D eigenvalue weighted by atomic mass is 10.2. The molecule has 166 valence electrons. The molecule has 0 bridgehead atoms. The summed E-state index contributed by atoms with van der Waals surface area (Å²) < 4.78 is 16.2. The van der Waals surface area contributed by atoms with Gasteiger partial charge in [0.25, 0.3) is 5.91 Å². The summed E-state index contributed by atoms with van der Waals surface area (Å²) >= 11 is 5.95. The van der Waals surface area contributed by atoms with E-state index in [1.807, 2.05) is 67.8 Å². The molecule has 3 amide bonds. The Kier molecular flexibility index (Phi) is 11.7. The molecule has 0 radical (unpaired) electrons. The van der Waals surface area contributed by atoms with E-state index in [4.69, 9.17) is 14.2 Å². The summed E-state index contributed by atoms with van der Waals surface area (Å²) in [4.78, 5) is 47.8. The quantitative estimate of drug-likeness (QED) is 0.261. The van der Waals surface area contributed by atoms with Crippen LogP contribution in [-0.2, 0) is 33.4 Å². The number of amides is 3. The van der Waals surface area contributed by atoms with Crippen LogP contribution in [0.3, 0.4) is 0 Å². The van der Waals surface area contributed by atoms with Crippen molar-refractivity contribution in [3.05, 3.63) is 10.7 Å². The molecule has 0 aliphatic heterocycles. The molecule has 0 aromatic heterocycles. The van der Waals surface area contributed by atoms with E-state index in [9.17, 15) is 19.2 Å². The Morgan fingerprint density at radius 1 is 0.800 bits per heavy atom. The topological polar surface area (TPSA) is 132 Å². The highest BCUT2D eigenvalue weighted by Crippen LogP contribution is 2.42. The molecule has 0 aliphatic carbocycles. The molecule has 1 aromatic rings. The van der Waals surface area contributed by atoms with Crippen molar-refractivity contribution in [2.24, 2.45) is 0 Å². The number of methoxy groups -OCH3 is 2. The molecule has 0 aliphatic rings. The van der Waals surface area contributed by atoms with Gasteiger partial charge in [0, 0.05) is 21.1 Å². The summed E-state index contributed by atoms with van der Waals surface area (Å²) in [6.45, 7) is 2.30. The van der Waals surface area contributed by atoms with Crippen LogP contribution in [0.4, 0.5) is 17.1 Å². The third kappa shape index (κ3) is 7.72. The maximum absolute atomic E-state index is 12.5. The summed E-state index contributed by atoms with van der Waals surface area (Å²) in [5, 5.41) is 8.15. The lowest BCUT2D eigenvalue weighted by Gasteiger charge is -2.21. The first-order valence-electron chi connectivity index (χ1n) is 8.29. The fourth-order valence-corrected chi connectivity index (χ4v) is 6.11. The summed E-state index contributed by atoms with van der Waals surface area (Å²) in [5.74, 6) is -1.97. The van der Waals surface area contributed by atoms with E-state index in [1.165, 1.54) is 28.1 Å². The number of ether oxygens (including phenoxy) is 3. The number of carbonyl (C=O) groups excluding carboxylic acids is 4. The summed E-state index contributed by atoms with van der Waals surface area (Å²) in [6.07, 6.45) is -1.04. The van der Waals surface area contributed by atoms with Gasteiger partial charge in [0.05, 0.1) is 27.8 Å². The zero-order chi connectivity index (χ0) is 23.0. The summed E-state index contributed by atoms with van der Waals surface area (Å²) in [7, 11) is 2.78. The van der Waals surface area contributed by atoms with Crippen LogP contribution in [0, 0.1) is 10.7 Å². The highest BCUT2D eigenvalue weighted by atomic mass is 127. The van der Waals surface area contributed by atoms with Gasteiger partial charge in [-0.3, -0.25) is 19.2 Å². The number of hydrogen-bond acceptors (Lipinski definition) is 7. The lowest BCUT2D eigenvalue weighted by molar-refractivity contribution is -0.150. The second kappa shape index (κ2) is 12.9. The monoisotopic (exact) mass is 759 g/mol. The van der Waals surface area contributed by atoms with Crippen LogP contribution >= 0.6 is 67.8 Å². The number of nitrogens with one attached hydrogen (secondary N) is 3. The number of carbonyl (C=O) groups is 4. The van der Waals surface area contributed by atoms with Crippen molar-refractivity contribution in [2.45, 2.75) is 20.0 Å². The van der Waals surface area contributed by atoms with Crippen LogP contribution in [0.25, 0.3) is 0 Å². The van der Waals surface area contributed by atoms with Crippen LogP contribution in [0.15, 0.2) is 0 Å². The first-order valence-corrected chi connectivity index (χ1v) is 11.5. The Balaban J connectivity index is 3.46. The van der Waals surface area contributed by atoms with E-state index >= 15 is 0 Å². The highest BCUT2D eigenvalue weighted by molar-refractivity contribution is 14.1. The van der Waals surface area contributed by atoms with Gasteiger partial charge in [-0.05, 0) is 74.7 Å². The molecule has 10 nitrogen and oxygen atoms in total. The molecular weight excluding hydrogens is 739 g/mol. The molecule has 0 spiro atoms. The Morgan fingerprint density at radius 3 is 1.50 bits per heavy atom. The average Bonchev–Trinajstić information content (AvgIpc) is 2.65.